The lowest BCUT2D eigenvalue weighted by molar-refractivity contribution is 0.560. The molecule has 0 saturated carbocycles. The maximum Gasteiger partial charge on any atom is 0.111 e. The van der Waals surface area contributed by atoms with Gasteiger partial charge in [-0.05, 0) is 25.1 Å². The summed E-state index contributed by atoms with van der Waals surface area (Å²) in [6, 6.07) is 14.8. The summed E-state index contributed by atoms with van der Waals surface area (Å²) in [5, 5.41) is 2.37. The highest BCUT2D eigenvalue weighted by Gasteiger charge is 2.09. The van der Waals surface area contributed by atoms with Gasteiger partial charge in [0.1, 0.15) is 9.80 Å². The van der Waals surface area contributed by atoms with E-state index in [1.807, 2.05) is 43.3 Å². The summed E-state index contributed by atoms with van der Waals surface area (Å²) in [5.41, 5.74) is 2.77. The molecule has 1 heterocycles. The molecule has 0 spiro atoms. The third kappa shape index (κ3) is 2.35. The van der Waals surface area contributed by atoms with Crippen LogP contribution < -0.4 is 0 Å². The molecule has 0 bridgehead atoms. The number of hydrogen-bond acceptors (Lipinski definition) is 1. The molecule has 3 rings (SSSR count). The van der Waals surface area contributed by atoms with Crippen molar-refractivity contribution in [2.75, 3.05) is 0 Å². The molecule has 0 saturated heterocycles. The second kappa shape index (κ2) is 4.81. The van der Waals surface area contributed by atoms with E-state index in [4.69, 9.17) is 0 Å². The van der Waals surface area contributed by atoms with Crippen molar-refractivity contribution in [3.63, 3.8) is 0 Å². The van der Waals surface area contributed by atoms with E-state index in [1.54, 1.807) is 18.3 Å². The minimum atomic E-state index is -3.19. The van der Waals surface area contributed by atoms with Gasteiger partial charge in [0.05, 0.1) is 4.90 Å². The van der Waals surface area contributed by atoms with E-state index in [0.717, 1.165) is 22.0 Å². The van der Waals surface area contributed by atoms with Crippen LogP contribution in [-0.4, -0.2) is 19.1 Å². The van der Waals surface area contributed by atoms with E-state index in [-0.39, 0.29) is 0 Å². The Morgan fingerprint density at radius 2 is 1.80 bits per heavy atom. The van der Waals surface area contributed by atoms with Gasteiger partial charge >= 0.3 is 0 Å². The van der Waals surface area contributed by atoms with E-state index in [1.165, 1.54) is 5.37 Å². The molecule has 3 nitrogen and oxygen atoms in total. The summed E-state index contributed by atoms with van der Waals surface area (Å²) in [6.45, 7) is 1.95. The lowest BCUT2D eigenvalue weighted by atomic mass is 10.2. The van der Waals surface area contributed by atoms with Crippen LogP contribution in [0.3, 0.4) is 0 Å². The molecular formula is C16H15NO2S. The minimum absolute atomic E-state index is 0.424. The maximum absolute atomic E-state index is 12.5. The smallest absolute Gasteiger partial charge is 0.111 e. The predicted molar refractivity (Wildman–Crippen MR) is 83.7 cm³/mol. The number of aryl methyl sites for hydroxylation is 1. The first-order valence-electron chi connectivity index (χ1n) is 6.30. The first-order chi connectivity index (χ1) is 9.56. The van der Waals surface area contributed by atoms with Gasteiger partial charge in [-0.2, -0.15) is 0 Å². The minimum Gasteiger partial charge on any atom is -0.361 e. The highest BCUT2D eigenvalue weighted by molar-refractivity contribution is 7.96. The maximum atomic E-state index is 12.5. The van der Waals surface area contributed by atoms with Crippen LogP contribution in [0.15, 0.2) is 59.6 Å². The van der Waals surface area contributed by atoms with Crippen LogP contribution in [0.1, 0.15) is 11.1 Å². The summed E-state index contributed by atoms with van der Waals surface area (Å²) in [6.07, 6.45) is 1.76. The van der Waals surface area contributed by atoms with E-state index < -0.39 is 9.80 Å². The number of para-hydroxylation sites is 1. The van der Waals surface area contributed by atoms with Crippen LogP contribution in [0.4, 0.5) is 0 Å². The lowest BCUT2D eigenvalue weighted by Gasteiger charge is -2.04. The fourth-order valence-corrected chi connectivity index (χ4v) is 3.37. The van der Waals surface area contributed by atoms with Crippen molar-refractivity contribution >= 4 is 26.1 Å². The average molecular weight is 285 g/mol. The topological polar surface area (TPSA) is 53.1 Å². The molecule has 2 aromatic carbocycles. The zero-order valence-electron chi connectivity index (χ0n) is 11.0. The first kappa shape index (κ1) is 13.0. The van der Waals surface area contributed by atoms with Gasteiger partial charge in [0.25, 0.3) is 0 Å². The van der Waals surface area contributed by atoms with Crippen LogP contribution in [0.5, 0.6) is 0 Å². The summed E-state index contributed by atoms with van der Waals surface area (Å²) < 4.78 is 22.8. The number of H-pyrrole nitrogens is 1. The Morgan fingerprint density at radius 1 is 1.10 bits per heavy atom. The second-order valence-electron chi connectivity index (χ2n) is 4.79. The van der Waals surface area contributed by atoms with Crippen molar-refractivity contribution in [3.05, 3.63) is 65.9 Å². The van der Waals surface area contributed by atoms with Crippen LogP contribution >= 0.6 is 0 Å². The van der Waals surface area contributed by atoms with Gasteiger partial charge in [-0.25, -0.2) is 4.21 Å². The number of aromatic amines is 1. The largest absolute Gasteiger partial charge is 0.361 e. The molecule has 1 atom stereocenters. The average Bonchev–Trinajstić information content (AvgIpc) is 2.82. The highest BCUT2D eigenvalue weighted by Crippen LogP contribution is 2.18. The normalized spacial score (nSPS) is 14.1. The molecule has 0 aliphatic carbocycles. The Hall–Kier alpha value is -2.04. The SMILES string of the molecule is Cc1ccc(S(=O)(O)=Cc2c[nH]c3ccccc23)cc1. The number of rotatable bonds is 2. The standard InChI is InChI=1S/C16H15NO2S/c1-12-6-8-14(9-7-12)20(18,19)11-13-10-17-16-5-3-2-4-15(13)16/h2-11,17H,1H3,(H,18,19). The third-order valence-corrected chi connectivity index (χ3v) is 4.79. The van der Waals surface area contributed by atoms with Gasteiger partial charge in [-0.1, -0.05) is 35.9 Å². The highest BCUT2D eigenvalue weighted by atomic mass is 32.2. The van der Waals surface area contributed by atoms with Gasteiger partial charge in [-0.15, -0.1) is 0 Å². The Bertz CT molecular complexity index is 869. The molecule has 0 amide bonds. The number of fused-ring (bicyclic) bond motifs is 1. The fraction of sp³-hybridized carbons (Fsp3) is 0.0625. The van der Waals surface area contributed by atoms with Gasteiger partial charge in [-0.3, -0.25) is 0 Å². The third-order valence-electron chi connectivity index (χ3n) is 3.27. The molecule has 0 radical (unpaired) electrons. The van der Waals surface area contributed by atoms with Crippen molar-refractivity contribution in [2.24, 2.45) is 0 Å². The summed E-state index contributed by atoms with van der Waals surface area (Å²) >= 11 is 0. The van der Waals surface area contributed by atoms with E-state index in [2.05, 4.69) is 4.98 Å². The Balaban J connectivity index is 2.15. The van der Waals surface area contributed by atoms with Crippen molar-refractivity contribution in [3.8, 4) is 0 Å². The van der Waals surface area contributed by atoms with Crippen molar-refractivity contribution in [2.45, 2.75) is 11.8 Å². The molecule has 3 aromatic rings. The monoisotopic (exact) mass is 285 g/mol. The van der Waals surface area contributed by atoms with E-state index >= 15 is 0 Å². The number of nitrogens with one attached hydrogen (secondary N) is 1. The van der Waals surface area contributed by atoms with Gasteiger partial charge in [0, 0.05) is 28.0 Å². The molecule has 0 aliphatic heterocycles. The molecule has 4 heteroatoms. The Kier molecular flexibility index (Phi) is 3.12. The summed E-state index contributed by atoms with van der Waals surface area (Å²) in [5.74, 6) is 0. The molecule has 0 fully saturated rings. The predicted octanol–water partition coefficient (Wildman–Crippen LogP) is 3.44. The van der Waals surface area contributed by atoms with E-state index in [0.29, 0.717) is 4.90 Å². The molecule has 20 heavy (non-hydrogen) atoms. The van der Waals surface area contributed by atoms with Crippen LogP contribution in [0, 0.1) is 6.92 Å². The zero-order valence-corrected chi connectivity index (χ0v) is 11.9. The summed E-state index contributed by atoms with van der Waals surface area (Å²) in [4.78, 5) is 3.53. The zero-order chi connectivity index (χ0) is 14.2. The quantitative estimate of drug-likeness (QED) is 0.709. The van der Waals surface area contributed by atoms with Crippen molar-refractivity contribution in [1.82, 2.24) is 4.98 Å². The Morgan fingerprint density at radius 3 is 2.55 bits per heavy atom. The van der Waals surface area contributed by atoms with Gasteiger partial charge in [0.2, 0.25) is 0 Å². The van der Waals surface area contributed by atoms with E-state index in [9.17, 15) is 8.76 Å². The molecule has 0 aliphatic rings. The first-order valence-corrected chi connectivity index (χ1v) is 7.88. The molecule has 2 N–H and O–H groups in total. The molecule has 1 aromatic heterocycles. The number of benzene rings is 2. The van der Waals surface area contributed by atoms with Gasteiger partial charge < -0.3 is 9.54 Å². The fourth-order valence-electron chi connectivity index (χ4n) is 2.16. The van der Waals surface area contributed by atoms with Crippen LogP contribution in [-0.2, 0) is 9.80 Å². The number of aromatic nitrogens is 1. The summed E-state index contributed by atoms with van der Waals surface area (Å²) in [7, 11) is -3.19. The molecular weight excluding hydrogens is 270 g/mol. The Labute approximate surface area is 118 Å². The number of hydrogen-bond donors (Lipinski definition) is 2. The van der Waals surface area contributed by atoms with Crippen LogP contribution in [0.25, 0.3) is 10.9 Å². The lowest BCUT2D eigenvalue weighted by Crippen LogP contribution is -2.03. The van der Waals surface area contributed by atoms with Crippen molar-refractivity contribution in [1.29, 1.82) is 0 Å². The van der Waals surface area contributed by atoms with Crippen molar-refractivity contribution < 1.29 is 8.76 Å². The molecule has 1 unspecified atom stereocenters. The van der Waals surface area contributed by atoms with Crippen LogP contribution in [0.2, 0.25) is 0 Å². The van der Waals surface area contributed by atoms with Gasteiger partial charge in [0.15, 0.2) is 0 Å². The molecule has 102 valence electrons. The second-order valence-corrected chi connectivity index (χ2v) is 6.63.